The van der Waals surface area contributed by atoms with E-state index in [1.54, 1.807) is 39.3 Å². The van der Waals surface area contributed by atoms with Gasteiger partial charge in [0.1, 0.15) is 0 Å². The second-order valence-corrected chi connectivity index (χ2v) is 14.6. The molecule has 0 heterocycles. The molecule has 0 rings (SSSR count). The normalized spacial score (nSPS) is 22.5. The molecule has 0 N–H and O–H groups in total. The molecule has 0 aromatic rings. The predicted octanol–water partition coefficient (Wildman–Crippen LogP) is 4.22. The fourth-order valence-electron chi connectivity index (χ4n) is 0.781. The third-order valence-electron chi connectivity index (χ3n) is 1.00. The molecule has 0 aromatic carbocycles. The zero-order valence-corrected chi connectivity index (χ0v) is 11.0. The molecule has 12 heavy (non-hydrogen) atoms. The van der Waals surface area contributed by atoms with Gasteiger partial charge in [-0.2, -0.15) is 0 Å². The third-order valence-corrected chi connectivity index (χ3v) is 3.00. The van der Waals surface area contributed by atoms with Crippen LogP contribution in [0.25, 0.3) is 0 Å². The van der Waals surface area contributed by atoms with E-state index in [0.29, 0.717) is 0 Å². The minimum Gasteiger partial charge on any atom is -0.100 e. The van der Waals surface area contributed by atoms with E-state index >= 15 is 0 Å². The standard InChI is InChI=1S/C10H24Si2/c1-10(8-11(2,3)4)9-12(5,6)7/h1,8-9H2,2-7H3/i1D2,8D2,9D2. The van der Waals surface area contributed by atoms with Crippen LogP contribution in [0.3, 0.4) is 0 Å². The van der Waals surface area contributed by atoms with E-state index in [1.807, 2.05) is 0 Å². The van der Waals surface area contributed by atoms with Crippen LogP contribution in [0.2, 0.25) is 51.3 Å². The van der Waals surface area contributed by atoms with Crippen molar-refractivity contribution in [1.29, 1.82) is 0 Å². The molecular formula is C10H24Si2. The van der Waals surface area contributed by atoms with E-state index in [9.17, 15) is 0 Å². The molecule has 0 nitrogen and oxygen atoms in total. The molecule has 0 spiro atoms. The maximum Gasteiger partial charge on any atom is 0.0537 e. The van der Waals surface area contributed by atoms with Crippen LogP contribution in [0, 0.1) is 0 Å². The zero-order chi connectivity index (χ0) is 15.2. The van der Waals surface area contributed by atoms with Gasteiger partial charge in [0.25, 0.3) is 0 Å². The van der Waals surface area contributed by atoms with Crippen LogP contribution in [0.4, 0.5) is 0 Å². The largest absolute Gasteiger partial charge is 0.100 e. The lowest BCUT2D eigenvalue weighted by molar-refractivity contribution is 1.28. The molecule has 0 unspecified atom stereocenters. The Morgan fingerprint density at radius 3 is 1.58 bits per heavy atom. The summed E-state index contributed by atoms with van der Waals surface area (Å²) in [5, 5.41) is 0. The van der Waals surface area contributed by atoms with Crippen molar-refractivity contribution in [2.24, 2.45) is 0 Å². The van der Waals surface area contributed by atoms with Crippen molar-refractivity contribution in [2.75, 3.05) is 0 Å². The van der Waals surface area contributed by atoms with Crippen molar-refractivity contribution in [2.45, 2.75) is 51.3 Å². The Balaban J connectivity index is 6.06. The van der Waals surface area contributed by atoms with Gasteiger partial charge in [-0.3, -0.25) is 0 Å². The molecule has 2 heteroatoms. The van der Waals surface area contributed by atoms with Crippen LogP contribution in [0.5, 0.6) is 0 Å². The van der Waals surface area contributed by atoms with Gasteiger partial charge in [0.2, 0.25) is 0 Å². The Morgan fingerprint density at radius 2 is 1.42 bits per heavy atom. The molecule has 72 valence electrons. The van der Waals surface area contributed by atoms with Crippen LogP contribution < -0.4 is 0 Å². The molecule has 0 radical (unpaired) electrons. The van der Waals surface area contributed by atoms with E-state index in [-0.39, 0.29) is 5.57 Å². The highest BCUT2D eigenvalue weighted by molar-refractivity contribution is 6.78. The molecule has 0 fully saturated rings. The van der Waals surface area contributed by atoms with E-state index in [4.69, 9.17) is 8.22 Å². The van der Waals surface area contributed by atoms with Crippen molar-refractivity contribution >= 4 is 16.1 Å². The lowest BCUT2D eigenvalue weighted by atomic mass is 10.4. The second-order valence-electron chi connectivity index (χ2n) is 5.12. The number of hydrogen-bond donors (Lipinski definition) is 0. The molecule has 0 aliphatic rings. The Kier molecular flexibility index (Phi) is 1.68. The summed E-state index contributed by atoms with van der Waals surface area (Å²) in [6.45, 7) is 10.1. The highest BCUT2D eigenvalue weighted by Gasteiger charge is 2.19. The fourth-order valence-corrected chi connectivity index (χ4v) is 2.53. The van der Waals surface area contributed by atoms with Gasteiger partial charge in [-0.05, 0) is 12.0 Å². The zero-order valence-electron chi connectivity index (χ0n) is 15.0. The summed E-state index contributed by atoms with van der Waals surface area (Å²) >= 11 is 0. The van der Waals surface area contributed by atoms with Crippen molar-refractivity contribution < 1.29 is 8.22 Å². The highest BCUT2D eigenvalue weighted by atomic mass is 28.3. The monoisotopic (exact) mass is 206 g/mol. The minimum absolute atomic E-state index is 0.256. The lowest BCUT2D eigenvalue weighted by Crippen LogP contribution is -2.24. The first-order valence-corrected chi connectivity index (χ1v) is 11.2. The van der Waals surface area contributed by atoms with Gasteiger partial charge in [-0.25, -0.2) is 0 Å². The molecule has 0 aliphatic carbocycles. The molecule has 0 saturated carbocycles. The lowest BCUT2D eigenvalue weighted by Gasteiger charge is -2.22. The van der Waals surface area contributed by atoms with Gasteiger partial charge in [-0.15, -0.1) is 6.53 Å². The fraction of sp³-hybridized carbons (Fsp3) is 0.800. The average Bonchev–Trinajstić information content (AvgIpc) is 1.96. The van der Waals surface area contributed by atoms with Gasteiger partial charge in [0.05, 0.1) is 2.74 Å². The first-order valence-electron chi connectivity index (χ1n) is 7.25. The summed E-state index contributed by atoms with van der Waals surface area (Å²) in [4.78, 5) is 0. The predicted molar refractivity (Wildman–Crippen MR) is 65.4 cm³/mol. The summed E-state index contributed by atoms with van der Waals surface area (Å²) in [7, 11) is -4.76. The Bertz CT molecular complexity index is 316. The van der Waals surface area contributed by atoms with Crippen LogP contribution >= 0.6 is 0 Å². The molecular weight excluding hydrogens is 176 g/mol. The minimum atomic E-state index is -2.38. The Labute approximate surface area is 88.5 Å². The van der Waals surface area contributed by atoms with Gasteiger partial charge in [-0.1, -0.05) is 44.9 Å². The molecule has 0 amide bonds. The molecule has 0 atom stereocenters. The first-order chi connectivity index (χ1) is 7.57. The first kappa shape index (κ1) is 5.15. The summed E-state index contributed by atoms with van der Waals surface area (Å²) in [5.74, 6) is -3.76. The van der Waals surface area contributed by atoms with Gasteiger partial charge < -0.3 is 0 Å². The Morgan fingerprint density at radius 1 is 1.08 bits per heavy atom. The van der Waals surface area contributed by atoms with Crippen molar-refractivity contribution in [3.05, 3.63) is 12.1 Å². The topological polar surface area (TPSA) is 0 Å². The number of allylic oxidation sites excluding steroid dienone is 1. The molecule has 0 aromatic heterocycles. The van der Waals surface area contributed by atoms with Crippen molar-refractivity contribution in [1.82, 2.24) is 0 Å². The van der Waals surface area contributed by atoms with E-state index < -0.39 is 34.7 Å². The molecule has 0 bridgehead atoms. The number of hydrogen-bond acceptors (Lipinski definition) is 0. The summed E-state index contributed by atoms with van der Waals surface area (Å²) in [6.07, 6.45) is 0. The molecule has 0 aliphatic heterocycles. The van der Waals surface area contributed by atoms with Gasteiger partial charge in [0.15, 0.2) is 0 Å². The average molecular weight is 207 g/mol. The van der Waals surface area contributed by atoms with Crippen LogP contribution in [-0.4, -0.2) is 16.1 Å². The third kappa shape index (κ3) is 8.27. The number of rotatable bonds is 4. The smallest absolute Gasteiger partial charge is 0.0537 e. The van der Waals surface area contributed by atoms with Crippen molar-refractivity contribution in [3.8, 4) is 0 Å². The van der Waals surface area contributed by atoms with E-state index in [1.165, 1.54) is 0 Å². The Hall–Kier alpha value is 0.174. The molecule has 0 saturated heterocycles. The van der Waals surface area contributed by atoms with Crippen LogP contribution in [0.15, 0.2) is 12.1 Å². The van der Waals surface area contributed by atoms with E-state index in [2.05, 4.69) is 0 Å². The van der Waals surface area contributed by atoms with Crippen LogP contribution in [-0.2, 0) is 0 Å². The van der Waals surface area contributed by atoms with Crippen molar-refractivity contribution in [3.63, 3.8) is 0 Å². The highest BCUT2D eigenvalue weighted by Crippen LogP contribution is 2.23. The van der Waals surface area contributed by atoms with Crippen LogP contribution in [0.1, 0.15) is 8.22 Å². The maximum absolute atomic E-state index is 8.21. The summed E-state index contributed by atoms with van der Waals surface area (Å²) in [6, 6.07) is 0. The van der Waals surface area contributed by atoms with E-state index in [0.717, 1.165) is 0 Å². The van der Waals surface area contributed by atoms with Gasteiger partial charge >= 0.3 is 0 Å². The second kappa shape index (κ2) is 3.92. The van der Waals surface area contributed by atoms with Gasteiger partial charge in [0, 0.05) is 21.6 Å². The maximum atomic E-state index is 8.21. The summed E-state index contributed by atoms with van der Waals surface area (Å²) < 4.78 is 47.9. The quantitative estimate of drug-likeness (QED) is 0.477. The SMILES string of the molecule is [2H]C([2H])=C(C([2H])([2H])[Si](C)(C)C)C([2H])([2H])[Si](C)(C)C. The summed E-state index contributed by atoms with van der Waals surface area (Å²) in [5.41, 5.74) is -0.256.